The standard InChI is InChI=1S/C12H24N2O2/c1-11(2,3)16-10(15)14-12(9-13-4)7-5-6-8-12/h13H,5-9H2,1-4H3,(H,14,15). The van der Waals surface area contributed by atoms with Crippen molar-refractivity contribution in [3.8, 4) is 0 Å². The lowest BCUT2D eigenvalue weighted by atomic mass is 9.98. The van der Waals surface area contributed by atoms with Crippen molar-refractivity contribution in [3.05, 3.63) is 0 Å². The van der Waals surface area contributed by atoms with Crippen molar-refractivity contribution >= 4 is 6.09 Å². The Bertz CT molecular complexity index is 240. The number of carbonyl (C=O) groups is 1. The minimum absolute atomic E-state index is 0.100. The van der Waals surface area contributed by atoms with Crippen molar-refractivity contribution in [2.24, 2.45) is 0 Å². The average Bonchev–Trinajstić information content (AvgIpc) is 2.49. The highest BCUT2D eigenvalue weighted by Crippen LogP contribution is 2.29. The van der Waals surface area contributed by atoms with Crippen molar-refractivity contribution in [1.29, 1.82) is 0 Å². The molecule has 4 heteroatoms. The monoisotopic (exact) mass is 228 g/mol. The molecule has 0 radical (unpaired) electrons. The number of nitrogens with one attached hydrogen (secondary N) is 2. The maximum Gasteiger partial charge on any atom is 0.408 e. The quantitative estimate of drug-likeness (QED) is 0.777. The fraction of sp³-hybridized carbons (Fsp3) is 0.917. The van der Waals surface area contributed by atoms with E-state index in [1.54, 1.807) is 0 Å². The lowest BCUT2D eigenvalue weighted by Gasteiger charge is -2.31. The first kappa shape index (κ1) is 13.3. The zero-order valence-corrected chi connectivity index (χ0v) is 10.9. The van der Waals surface area contributed by atoms with E-state index in [1.165, 1.54) is 12.8 Å². The van der Waals surface area contributed by atoms with E-state index in [0.29, 0.717) is 0 Å². The fourth-order valence-electron chi connectivity index (χ4n) is 2.26. The summed E-state index contributed by atoms with van der Waals surface area (Å²) in [6.07, 6.45) is 4.12. The second-order valence-electron chi connectivity index (χ2n) is 5.64. The molecule has 0 aromatic heterocycles. The van der Waals surface area contributed by atoms with Crippen LogP contribution in [0.1, 0.15) is 46.5 Å². The zero-order chi connectivity index (χ0) is 12.2. The summed E-state index contributed by atoms with van der Waals surface area (Å²) in [6, 6.07) is 0. The number of ether oxygens (including phenoxy) is 1. The lowest BCUT2D eigenvalue weighted by molar-refractivity contribution is 0.0457. The van der Waals surface area contributed by atoms with Crippen LogP contribution >= 0.6 is 0 Å². The molecule has 94 valence electrons. The minimum atomic E-state index is -0.427. The molecule has 0 aromatic rings. The van der Waals surface area contributed by atoms with E-state index in [1.807, 2.05) is 27.8 Å². The third kappa shape index (κ3) is 4.00. The van der Waals surface area contributed by atoms with Crippen LogP contribution in [0.2, 0.25) is 0 Å². The first-order valence-corrected chi connectivity index (χ1v) is 6.03. The van der Waals surface area contributed by atoms with Crippen molar-refractivity contribution in [2.75, 3.05) is 13.6 Å². The smallest absolute Gasteiger partial charge is 0.408 e. The van der Waals surface area contributed by atoms with E-state index in [0.717, 1.165) is 19.4 Å². The molecule has 1 rings (SSSR count). The van der Waals surface area contributed by atoms with Crippen LogP contribution in [-0.2, 0) is 4.74 Å². The summed E-state index contributed by atoms with van der Waals surface area (Å²) < 4.78 is 5.29. The molecule has 0 heterocycles. The highest BCUT2D eigenvalue weighted by atomic mass is 16.6. The fourth-order valence-corrected chi connectivity index (χ4v) is 2.26. The van der Waals surface area contributed by atoms with Crippen LogP contribution in [0.25, 0.3) is 0 Å². The predicted octanol–water partition coefficient (Wildman–Crippen LogP) is 2.04. The highest BCUT2D eigenvalue weighted by Gasteiger charge is 2.35. The molecule has 1 aliphatic carbocycles. The van der Waals surface area contributed by atoms with Gasteiger partial charge in [-0.3, -0.25) is 0 Å². The number of rotatable bonds is 3. The molecule has 4 nitrogen and oxygen atoms in total. The second kappa shape index (κ2) is 5.04. The van der Waals surface area contributed by atoms with Crippen LogP contribution < -0.4 is 10.6 Å². The molecule has 0 spiro atoms. The van der Waals surface area contributed by atoms with Crippen molar-refractivity contribution in [1.82, 2.24) is 10.6 Å². The first-order valence-electron chi connectivity index (χ1n) is 6.03. The molecule has 1 amide bonds. The predicted molar refractivity (Wildman–Crippen MR) is 64.5 cm³/mol. The van der Waals surface area contributed by atoms with Gasteiger partial charge in [0.25, 0.3) is 0 Å². The Morgan fingerprint density at radius 3 is 2.31 bits per heavy atom. The number of carbonyl (C=O) groups excluding carboxylic acids is 1. The Morgan fingerprint density at radius 2 is 1.88 bits per heavy atom. The third-order valence-corrected chi connectivity index (χ3v) is 2.84. The topological polar surface area (TPSA) is 50.4 Å². The van der Waals surface area contributed by atoms with E-state index >= 15 is 0 Å². The molecule has 1 saturated carbocycles. The van der Waals surface area contributed by atoms with Crippen LogP contribution in [0.3, 0.4) is 0 Å². The lowest BCUT2D eigenvalue weighted by Crippen LogP contribution is -2.53. The van der Waals surface area contributed by atoms with Crippen LogP contribution in [-0.4, -0.2) is 30.8 Å². The van der Waals surface area contributed by atoms with Gasteiger partial charge in [-0.05, 0) is 40.7 Å². The van der Waals surface area contributed by atoms with E-state index in [2.05, 4.69) is 10.6 Å². The largest absolute Gasteiger partial charge is 0.444 e. The van der Waals surface area contributed by atoms with Gasteiger partial charge in [0.2, 0.25) is 0 Å². The molecule has 0 atom stereocenters. The number of hydrogen-bond donors (Lipinski definition) is 2. The minimum Gasteiger partial charge on any atom is -0.444 e. The summed E-state index contributed by atoms with van der Waals surface area (Å²) in [5, 5.41) is 6.17. The van der Waals surface area contributed by atoms with Crippen LogP contribution in [0, 0.1) is 0 Å². The summed E-state index contributed by atoms with van der Waals surface area (Å²) in [6.45, 7) is 6.45. The maximum atomic E-state index is 11.7. The van der Waals surface area contributed by atoms with E-state index in [9.17, 15) is 4.79 Å². The Kier molecular flexibility index (Phi) is 4.19. The van der Waals surface area contributed by atoms with Gasteiger partial charge in [-0.1, -0.05) is 12.8 Å². The van der Waals surface area contributed by atoms with Gasteiger partial charge in [0.1, 0.15) is 5.60 Å². The van der Waals surface area contributed by atoms with E-state index in [-0.39, 0.29) is 11.6 Å². The summed E-state index contributed by atoms with van der Waals surface area (Å²) in [5.74, 6) is 0. The highest BCUT2D eigenvalue weighted by molar-refractivity contribution is 5.69. The molecule has 16 heavy (non-hydrogen) atoms. The Hall–Kier alpha value is -0.770. The number of amides is 1. The van der Waals surface area contributed by atoms with Gasteiger partial charge < -0.3 is 15.4 Å². The van der Waals surface area contributed by atoms with Crippen molar-refractivity contribution in [2.45, 2.75) is 57.6 Å². The summed E-state index contributed by atoms with van der Waals surface area (Å²) in [5.41, 5.74) is -0.527. The molecule has 1 aliphatic rings. The maximum absolute atomic E-state index is 11.7. The van der Waals surface area contributed by atoms with Crippen molar-refractivity contribution < 1.29 is 9.53 Å². The SMILES string of the molecule is CNCC1(NC(=O)OC(C)(C)C)CCCC1. The number of hydrogen-bond acceptors (Lipinski definition) is 3. The molecule has 0 aliphatic heterocycles. The molecule has 2 N–H and O–H groups in total. The third-order valence-electron chi connectivity index (χ3n) is 2.84. The first-order chi connectivity index (χ1) is 7.37. The molecule has 1 fully saturated rings. The molecule has 0 saturated heterocycles. The number of alkyl carbamates (subject to hydrolysis) is 1. The molecular formula is C12H24N2O2. The molecular weight excluding hydrogens is 204 g/mol. The van der Waals surface area contributed by atoms with Crippen LogP contribution in [0.15, 0.2) is 0 Å². The van der Waals surface area contributed by atoms with E-state index < -0.39 is 5.60 Å². The van der Waals surface area contributed by atoms with Gasteiger partial charge in [-0.15, -0.1) is 0 Å². The van der Waals surface area contributed by atoms with Crippen LogP contribution in [0.4, 0.5) is 4.79 Å². The zero-order valence-electron chi connectivity index (χ0n) is 10.9. The van der Waals surface area contributed by atoms with Gasteiger partial charge in [0, 0.05) is 6.54 Å². The van der Waals surface area contributed by atoms with E-state index in [4.69, 9.17) is 4.74 Å². The molecule has 0 bridgehead atoms. The number of likely N-dealkylation sites (N-methyl/N-ethyl adjacent to an activating group) is 1. The van der Waals surface area contributed by atoms with Crippen LogP contribution in [0.5, 0.6) is 0 Å². The molecule has 0 aromatic carbocycles. The Morgan fingerprint density at radius 1 is 1.31 bits per heavy atom. The molecule has 0 unspecified atom stereocenters. The van der Waals surface area contributed by atoms with Gasteiger partial charge in [-0.25, -0.2) is 4.79 Å². The summed E-state index contributed by atoms with van der Waals surface area (Å²) in [4.78, 5) is 11.7. The normalized spacial score (nSPS) is 19.5. The Balaban J connectivity index is 2.52. The van der Waals surface area contributed by atoms with Gasteiger partial charge in [0.05, 0.1) is 5.54 Å². The van der Waals surface area contributed by atoms with Gasteiger partial charge >= 0.3 is 6.09 Å². The average molecular weight is 228 g/mol. The second-order valence-corrected chi connectivity index (χ2v) is 5.64. The van der Waals surface area contributed by atoms with Crippen molar-refractivity contribution in [3.63, 3.8) is 0 Å². The van der Waals surface area contributed by atoms with Gasteiger partial charge in [-0.2, -0.15) is 0 Å². The Labute approximate surface area is 98.1 Å². The van der Waals surface area contributed by atoms with Gasteiger partial charge in [0.15, 0.2) is 0 Å². The summed E-state index contributed by atoms with van der Waals surface area (Å²) >= 11 is 0. The summed E-state index contributed by atoms with van der Waals surface area (Å²) in [7, 11) is 1.91.